The first-order valence-corrected chi connectivity index (χ1v) is 15.1. The van der Waals surface area contributed by atoms with E-state index in [0.717, 1.165) is 44.6 Å². The van der Waals surface area contributed by atoms with Crippen LogP contribution in [0.3, 0.4) is 0 Å². The van der Waals surface area contributed by atoms with E-state index in [1.807, 2.05) is 29.2 Å². The topological polar surface area (TPSA) is 61.4 Å². The summed E-state index contributed by atoms with van der Waals surface area (Å²) in [6.07, 6.45) is 23.4. The summed E-state index contributed by atoms with van der Waals surface area (Å²) in [5, 5.41) is 6.19. The van der Waals surface area contributed by atoms with E-state index in [2.05, 4.69) is 17.6 Å². The van der Waals surface area contributed by atoms with Crippen LogP contribution in [-0.2, 0) is 4.79 Å². The van der Waals surface area contributed by atoms with Gasteiger partial charge in [-0.1, -0.05) is 109 Å². The molecule has 1 heterocycles. The largest absolute Gasteiger partial charge is 0.376 e. The second-order valence-electron chi connectivity index (χ2n) is 10.6. The average molecular weight is 500 g/mol. The summed E-state index contributed by atoms with van der Waals surface area (Å²) in [5.74, 6) is 0.108. The maximum Gasteiger partial charge on any atom is 0.253 e. The first-order chi connectivity index (χ1) is 17.7. The summed E-state index contributed by atoms with van der Waals surface area (Å²) in [6.45, 7) is 4.94. The van der Waals surface area contributed by atoms with E-state index in [1.54, 1.807) is 0 Å². The summed E-state index contributed by atoms with van der Waals surface area (Å²) in [6, 6.07) is 7.54. The molecule has 1 aromatic rings. The Labute approximate surface area is 221 Å². The molecule has 0 aromatic heterocycles. The zero-order valence-electron chi connectivity index (χ0n) is 23.1. The quantitative estimate of drug-likeness (QED) is 0.192. The van der Waals surface area contributed by atoms with Gasteiger partial charge in [0.15, 0.2) is 0 Å². The Morgan fingerprint density at radius 3 is 1.89 bits per heavy atom. The molecular weight excluding hydrogens is 446 g/mol. The highest BCUT2D eigenvalue weighted by Crippen LogP contribution is 2.16. The van der Waals surface area contributed by atoms with Crippen molar-refractivity contribution in [2.24, 2.45) is 0 Å². The average Bonchev–Trinajstić information content (AvgIpc) is 3.19. The molecule has 5 nitrogen and oxygen atoms in total. The molecule has 36 heavy (non-hydrogen) atoms. The summed E-state index contributed by atoms with van der Waals surface area (Å²) in [5.41, 5.74) is 1.52. The van der Waals surface area contributed by atoms with Crippen LogP contribution in [0.1, 0.15) is 133 Å². The Bertz CT molecular complexity index is 714. The Morgan fingerprint density at radius 1 is 0.750 bits per heavy atom. The van der Waals surface area contributed by atoms with Gasteiger partial charge in [-0.2, -0.15) is 0 Å². The third-order valence-corrected chi connectivity index (χ3v) is 7.31. The number of nitrogens with one attached hydrogen (secondary N) is 2. The van der Waals surface area contributed by atoms with Gasteiger partial charge in [-0.3, -0.25) is 9.59 Å². The molecule has 5 heteroatoms. The number of benzene rings is 1. The van der Waals surface area contributed by atoms with E-state index in [1.165, 1.54) is 96.3 Å². The van der Waals surface area contributed by atoms with Crippen molar-refractivity contribution in [3.05, 3.63) is 29.8 Å². The van der Waals surface area contributed by atoms with Crippen LogP contribution in [-0.4, -0.2) is 42.9 Å². The first kappa shape index (κ1) is 30.2. The molecule has 0 unspecified atom stereocenters. The molecule has 2 rings (SSSR count). The molecule has 1 aromatic carbocycles. The summed E-state index contributed by atoms with van der Waals surface area (Å²) in [4.78, 5) is 27.0. The number of unbranched alkanes of at least 4 members (excludes halogenated alkanes) is 13. The van der Waals surface area contributed by atoms with Gasteiger partial charge >= 0.3 is 0 Å². The molecule has 0 atom stereocenters. The number of hydrogen-bond acceptors (Lipinski definition) is 3. The van der Waals surface area contributed by atoms with E-state index >= 15 is 0 Å². The fraction of sp³-hybridized carbons (Fsp3) is 0.742. The molecule has 0 radical (unpaired) electrons. The Balaban J connectivity index is 1.45. The van der Waals surface area contributed by atoms with Crippen molar-refractivity contribution in [2.75, 3.05) is 31.5 Å². The van der Waals surface area contributed by atoms with Crippen molar-refractivity contribution in [1.29, 1.82) is 0 Å². The highest BCUT2D eigenvalue weighted by atomic mass is 16.2. The highest BCUT2D eigenvalue weighted by Gasteiger charge is 2.17. The number of anilines is 1. The van der Waals surface area contributed by atoms with Gasteiger partial charge < -0.3 is 15.5 Å². The molecule has 0 spiro atoms. The number of rotatable bonds is 19. The van der Waals surface area contributed by atoms with Gasteiger partial charge in [0.25, 0.3) is 5.91 Å². The molecule has 204 valence electrons. The van der Waals surface area contributed by atoms with E-state index in [9.17, 15) is 9.59 Å². The van der Waals surface area contributed by atoms with Gasteiger partial charge in [0.1, 0.15) is 0 Å². The van der Waals surface area contributed by atoms with Crippen LogP contribution in [0, 0.1) is 0 Å². The second kappa shape index (κ2) is 20.1. The van der Waals surface area contributed by atoms with Gasteiger partial charge in [0.05, 0.1) is 6.54 Å². The Morgan fingerprint density at radius 2 is 1.31 bits per heavy atom. The van der Waals surface area contributed by atoms with E-state index in [0.29, 0.717) is 5.56 Å². The molecule has 2 amide bonds. The second-order valence-corrected chi connectivity index (χ2v) is 10.6. The monoisotopic (exact) mass is 499 g/mol. The van der Waals surface area contributed by atoms with Crippen LogP contribution < -0.4 is 10.6 Å². The van der Waals surface area contributed by atoms with Gasteiger partial charge in [-0.25, -0.2) is 0 Å². The van der Waals surface area contributed by atoms with Crippen molar-refractivity contribution >= 4 is 17.5 Å². The van der Waals surface area contributed by atoms with Gasteiger partial charge in [0, 0.05) is 30.9 Å². The number of carbonyl (C=O) groups excluding carboxylic acids is 2. The lowest BCUT2D eigenvalue weighted by molar-refractivity contribution is -0.119. The van der Waals surface area contributed by atoms with E-state index in [4.69, 9.17) is 0 Å². The Hall–Kier alpha value is -2.04. The molecule has 1 aliphatic heterocycles. The Kier molecular flexibility index (Phi) is 16.8. The van der Waals surface area contributed by atoms with Crippen LogP contribution in [0.25, 0.3) is 0 Å². The van der Waals surface area contributed by atoms with Crippen molar-refractivity contribution in [2.45, 2.75) is 122 Å². The minimum absolute atomic E-state index is 0.00828. The standard InChI is InChI=1S/C31H53N3O2/c1-2-3-4-5-6-7-8-9-10-11-12-13-14-17-23-32-30(35)27-33-29-22-20-21-28(26-29)31(36)34-24-18-15-16-19-25-34/h20-22,26,33H,2-19,23-25,27H2,1H3,(H,32,35). The zero-order chi connectivity index (χ0) is 25.7. The number of likely N-dealkylation sites (tertiary alicyclic amines) is 1. The van der Waals surface area contributed by atoms with Gasteiger partial charge in [0.2, 0.25) is 5.91 Å². The summed E-state index contributed by atoms with van der Waals surface area (Å²) < 4.78 is 0. The molecule has 0 bridgehead atoms. The number of hydrogen-bond donors (Lipinski definition) is 2. The molecule has 1 saturated heterocycles. The summed E-state index contributed by atoms with van der Waals surface area (Å²) in [7, 11) is 0. The van der Waals surface area contributed by atoms with Crippen molar-refractivity contribution in [3.8, 4) is 0 Å². The minimum Gasteiger partial charge on any atom is -0.376 e. The normalized spacial score (nSPS) is 13.9. The van der Waals surface area contributed by atoms with Crippen LogP contribution in [0.2, 0.25) is 0 Å². The molecule has 1 aliphatic rings. The number of amides is 2. The summed E-state index contributed by atoms with van der Waals surface area (Å²) >= 11 is 0. The predicted octanol–water partition coefficient (Wildman–Crippen LogP) is 7.71. The van der Waals surface area contributed by atoms with Crippen LogP contribution in [0.15, 0.2) is 24.3 Å². The molecule has 1 fully saturated rings. The number of nitrogens with zero attached hydrogens (tertiary/aromatic N) is 1. The predicted molar refractivity (Wildman–Crippen MR) is 153 cm³/mol. The maximum atomic E-state index is 12.8. The molecule has 0 aliphatic carbocycles. The van der Waals surface area contributed by atoms with E-state index in [-0.39, 0.29) is 18.4 Å². The van der Waals surface area contributed by atoms with Crippen LogP contribution >= 0.6 is 0 Å². The third kappa shape index (κ3) is 13.9. The molecular formula is C31H53N3O2. The van der Waals surface area contributed by atoms with Crippen molar-refractivity contribution in [1.82, 2.24) is 10.2 Å². The van der Waals surface area contributed by atoms with Crippen molar-refractivity contribution < 1.29 is 9.59 Å². The highest BCUT2D eigenvalue weighted by molar-refractivity contribution is 5.95. The zero-order valence-corrected chi connectivity index (χ0v) is 23.1. The van der Waals surface area contributed by atoms with Gasteiger partial charge in [-0.15, -0.1) is 0 Å². The fourth-order valence-corrected chi connectivity index (χ4v) is 5.01. The number of carbonyl (C=O) groups is 2. The lowest BCUT2D eigenvalue weighted by Crippen LogP contribution is -2.32. The molecule has 0 saturated carbocycles. The molecule has 2 N–H and O–H groups in total. The van der Waals surface area contributed by atoms with Crippen molar-refractivity contribution in [3.63, 3.8) is 0 Å². The lowest BCUT2D eigenvalue weighted by atomic mass is 10.0. The van der Waals surface area contributed by atoms with Crippen LogP contribution in [0.5, 0.6) is 0 Å². The van der Waals surface area contributed by atoms with Gasteiger partial charge in [-0.05, 0) is 37.5 Å². The maximum absolute atomic E-state index is 12.8. The smallest absolute Gasteiger partial charge is 0.253 e. The van der Waals surface area contributed by atoms with Crippen LogP contribution in [0.4, 0.5) is 5.69 Å². The van der Waals surface area contributed by atoms with E-state index < -0.39 is 0 Å². The third-order valence-electron chi connectivity index (χ3n) is 7.31. The SMILES string of the molecule is CCCCCCCCCCCCCCCCNC(=O)CNc1cccc(C(=O)N2CCCCCC2)c1. The lowest BCUT2D eigenvalue weighted by Gasteiger charge is -2.20. The fourth-order valence-electron chi connectivity index (χ4n) is 5.01. The minimum atomic E-state index is 0.00828. The first-order valence-electron chi connectivity index (χ1n) is 15.1.